The highest BCUT2D eigenvalue weighted by Gasteiger charge is 2.51. The molecule has 2 aromatic carbocycles. The van der Waals surface area contributed by atoms with Crippen LogP contribution in [0.15, 0.2) is 58.3 Å². The molecule has 2 aliphatic rings. The number of nitrogens with one attached hydrogen (secondary N) is 2. The number of rotatable bonds is 14. The number of amides is 3. The summed E-state index contributed by atoms with van der Waals surface area (Å²) in [5.74, 6) is -1.36. The van der Waals surface area contributed by atoms with Crippen molar-refractivity contribution in [2.24, 2.45) is 11.8 Å². The van der Waals surface area contributed by atoms with E-state index >= 15 is 0 Å². The molecule has 46 heavy (non-hydrogen) atoms. The molecule has 13 heteroatoms. The summed E-state index contributed by atoms with van der Waals surface area (Å²) in [7, 11) is -4.10. The van der Waals surface area contributed by atoms with E-state index in [1.54, 1.807) is 66.5 Å². The summed E-state index contributed by atoms with van der Waals surface area (Å²) in [5.41, 5.74) is 0. The largest absolute Gasteiger partial charge is 0.465 e. The molecule has 0 spiro atoms. The average molecular weight is 692 g/mol. The topological polar surface area (TPSA) is 134 Å². The van der Waals surface area contributed by atoms with E-state index in [-0.39, 0.29) is 17.9 Å². The lowest BCUT2D eigenvalue weighted by molar-refractivity contribution is -0.143. The number of nitrogens with zero attached hydrogens (tertiary/aromatic N) is 1. The summed E-state index contributed by atoms with van der Waals surface area (Å²) < 4.78 is 27.2. The lowest BCUT2D eigenvalue weighted by Gasteiger charge is -2.37. The maximum atomic E-state index is 14.9. The van der Waals surface area contributed by atoms with Crippen molar-refractivity contribution in [2.75, 3.05) is 12.5 Å². The summed E-state index contributed by atoms with van der Waals surface area (Å²) in [6.07, 6.45) is 7.55. The molecule has 4 rings (SSSR count). The Bertz CT molecular complexity index is 1340. The number of fused-ring (bicyclic) bond motifs is 1. The molecule has 1 aliphatic carbocycles. The Morgan fingerprint density at radius 2 is 1.48 bits per heavy atom. The van der Waals surface area contributed by atoms with Crippen LogP contribution in [-0.4, -0.2) is 64.3 Å². The van der Waals surface area contributed by atoms with Gasteiger partial charge in [-0.3, -0.25) is 9.59 Å². The fraction of sp³-hybridized carbons (Fsp3) is 0.545. The molecule has 2 aromatic rings. The van der Waals surface area contributed by atoms with E-state index < -0.39 is 43.4 Å². The number of hydrogen-bond donors (Lipinski definition) is 3. The second-order valence-electron chi connectivity index (χ2n) is 12.2. The summed E-state index contributed by atoms with van der Waals surface area (Å²) in [6, 6.07) is 12.4. The van der Waals surface area contributed by atoms with Gasteiger partial charge in [-0.15, -0.1) is 23.5 Å². The first kappa shape index (κ1) is 36.0. The smallest absolute Gasteiger partial charge is 0.452 e. The van der Waals surface area contributed by atoms with Gasteiger partial charge in [-0.05, 0) is 98.6 Å². The fourth-order valence-electron chi connectivity index (χ4n) is 6.37. The van der Waals surface area contributed by atoms with Crippen LogP contribution in [0.25, 0.3) is 0 Å². The quantitative estimate of drug-likeness (QED) is 0.136. The van der Waals surface area contributed by atoms with Crippen molar-refractivity contribution >= 4 is 49.0 Å². The highest BCUT2D eigenvalue weighted by molar-refractivity contribution is 7.98. The molecule has 1 saturated heterocycles. The first-order valence-corrected chi connectivity index (χ1v) is 19.9. The van der Waals surface area contributed by atoms with Gasteiger partial charge in [0.25, 0.3) is 0 Å². The zero-order valence-electron chi connectivity index (χ0n) is 27.1. The van der Waals surface area contributed by atoms with Gasteiger partial charge < -0.3 is 29.7 Å². The second kappa shape index (κ2) is 16.3. The van der Waals surface area contributed by atoms with Crippen molar-refractivity contribution in [3.05, 3.63) is 48.5 Å². The van der Waals surface area contributed by atoms with Gasteiger partial charge in [0.05, 0.1) is 0 Å². The Morgan fingerprint density at radius 1 is 0.935 bits per heavy atom. The van der Waals surface area contributed by atoms with Crippen LogP contribution < -0.4 is 19.7 Å². The minimum Gasteiger partial charge on any atom is -0.465 e. The minimum atomic E-state index is -4.10. The van der Waals surface area contributed by atoms with Crippen molar-refractivity contribution in [3.8, 4) is 11.5 Å². The Hall–Kier alpha value is -2.82. The molecule has 1 heterocycles. The number of benzene rings is 2. The Morgan fingerprint density at radius 3 is 1.96 bits per heavy atom. The van der Waals surface area contributed by atoms with Crippen LogP contribution in [0, 0.1) is 11.8 Å². The SMILES string of the molecule is CCC[C@H](NC(=O)[C@@H]1C[C@@H]2CCCC[C@@H]2N1C(=O)[C@@H](NC(=O)O)C(C)C)P(=O)(Oc1ccc(SC)cc1)Oc1ccc(SC)cc1. The van der Waals surface area contributed by atoms with E-state index in [1.807, 2.05) is 43.7 Å². The number of carbonyl (C=O) groups excluding carboxylic acids is 2. The van der Waals surface area contributed by atoms with Crippen molar-refractivity contribution in [1.82, 2.24) is 15.5 Å². The highest BCUT2D eigenvalue weighted by atomic mass is 32.2. The zero-order valence-corrected chi connectivity index (χ0v) is 29.7. The molecule has 10 nitrogen and oxygen atoms in total. The van der Waals surface area contributed by atoms with Crippen LogP contribution >= 0.6 is 31.1 Å². The third-order valence-corrected chi connectivity index (χ3v) is 12.3. The number of thioether (sulfide) groups is 2. The summed E-state index contributed by atoms with van der Waals surface area (Å²) in [4.78, 5) is 43.5. The fourth-order valence-corrected chi connectivity index (χ4v) is 9.17. The molecule has 1 aliphatic heterocycles. The first-order valence-electron chi connectivity index (χ1n) is 15.9. The van der Waals surface area contributed by atoms with Crippen molar-refractivity contribution < 1.29 is 33.1 Å². The van der Waals surface area contributed by atoms with Crippen molar-refractivity contribution in [1.29, 1.82) is 0 Å². The van der Waals surface area contributed by atoms with E-state index in [1.165, 1.54) is 0 Å². The first-order chi connectivity index (χ1) is 22.0. The summed E-state index contributed by atoms with van der Waals surface area (Å²) >= 11 is 3.14. The molecule has 0 radical (unpaired) electrons. The maximum absolute atomic E-state index is 14.9. The van der Waals surface area contributed by atoms with Gasteiger partial charge in [0.1, 0.15) is 23.6 Å². The molecule has 3 amide bonds. The molecule has 0 aromatic heterocycles. The molecular weight excluding hydrogens is 645 g/mol. The van der Waals surface area contributed by atoms with Gasteiger partial charge in [0, 0.05) is 15.8 Å². The van der Waals surface area contributed by atoms with E-state index in [2.05, 4.69) is 10.6 Å². The predicted molar refractivity (Wildman–Crippen MR) is 183 cm³/mol. The normalized spacial score (nSPS) is 20.8. The number of carboxylic acid groups (broad SMARTS) is 1. The molecular formula is C33H46N3O7PS2. The van der Waals surface area contributed by atoms with Gasteiger partial charge in [-0.25, -0.2) is 9.36 Å². The van der Waals surface area contributed by atoms with Crippen LogP contribution in [0.4, 0.5) is 4.79 Å². The van der Waals surface area contributed by atoms with Gasteiger partial charge in [-0.1, -0.05) is 40.0 Å². The van der Waals surface area contributed by atoms with E-state index in [0.717, 1.165) is 35.5 Å². The lowest BCUT2D eigenvalue weighted by atomic mass is 9.84. The number of carbonyl (C=O) groups is 3. The Kier molecular flexibility index (Phi) is 12.8. The zero-order chi connectivity index (χ0) is 33.4. The van der Waals surface area contributed by atoms with E-state index in [0.29, 0.717) is 30.8 Å². The van der Waals surface area contributed by atoms with Gasteiger partial charge in [0.15, 0.2) is 5.78 Å². The number of hydrogen-bond acceptors (Lipinski definition) is 8. The Labute approximate surface area is 280 Å². The molecule has 0 unspecified atom stereocenters. The third kappa shape index (κ3) is 8.75. The molecule has 1 saturated carbocycles. The molecule has 0 bridgehead atoms. The van der Waals surface area contributed by atoms with Crippen LogP contribution in [0.5, 0.6) is 11.5 Å². The predicted octanol–water partition coefficient (Wildman–Crippen LogP) is 7.48. The average Bonchev–Trinajstić information content (AvgIpc) is 3.43. The van der Waals surface area contributed by atoms with Crippen LogP contribution in [0.2, 0.25) is 0 Å². The van der Waals surface area contributed by atoms with Crippen molar-refractivity contribution in [3.63, 3.8) is 0 Å². The third-order valence-electron chi connectivity index (χ3n) is 8.69. The van der Waals surface area contributed by atoms with Crippen molar-refractivity contribution in [2.45, 2.75) is 99.4 Å². The monoisotopic (exact) mass is 691 g/mol. The summed E-state index contributed by atoms with van der Waals surface area (Å²) in [6.45, 7) is 5.48. The molecule has 3 N–H and O–H groups in total. The van der Waals surface area contributed by atoms with E-state index in [4.69, 9.17) is 9.05 Å². The van der Waals surface area contributed by atoms with Crippen LogP contribution in [-0.2, 0) is 14.2 Å². The number of likely N-dealkylation sites (tertiary alicyclic amines) is 1. The molecule has 252 valence electrons. The maximum Gasteiger partial charge on any atom is 0.452 e. The van der Waals surface area contributed by atoms with Gasteiger partial charge in [0.2, 0.25) is 11.8 Å². The second-order valence-corrected chi connectivity index (χ2v) is 16.0. The standard InChI is InChI=1S/C33H46N3O7PS2/c1-6-9-29(44(41,42-23-12-16-25(45-4)17-13-23)43-24-14-18-26(46-5)19-15-24)34-31(37)28-20-22-10-7-8-11-27(22)36(28)32(38)30(21(2)3)35-33(39)40/h12-19,21-22,27-30,35H,6-11,20H2,1-5H3,(H,34,37)(H,39,40)/t22-,27-,28-,29+,30-/m0/s1. The minimum absolute atomic E-state index is 0.125. The molecule has 2 fully saturated rings. The lowest BCUT2D eigenvalue weighted by Crippen LogP contribution is -2.58. The van der Waals surface area contributed by atoms with E-state index in [9.17, 15) is 24.1 Å². The summed E-state index contributed by atoms with van der Waals surface area (Å²) in [5, 5.41) is 14.8. The highest BCUT2D eigenvalue weighted by Crippen LogP contribution is 2.54. The molecule has 5 atom stereocenters. The Balaban J connectivity index is 1.67. The van der Waals surface area contributed by atoms with Gasteiger partial charge >= 0.3 is 13.7 Å². The van der Waals surface area contributed by atoms with Gasteiger partial charge in [-0.2, -0.15) is 0 Å². The van der Waals surface area contributed by atoms with Crippen LogP contribution in [0.3, 0.4) is 0 Å². The van der Waals surface area contributed by atoms with Crippen LogP contribution in [0.1, 0.15) is 65.7 Å².